The summed E-state index contributed by atoms with van der Waals surface area (Å²) in [4.78, 5) is 26.5. The molecule has 1 saturated heterocycles. The Morgan fingerprint density at radius 2 is 2.06 bits per heavy atom. The molecule has 4 aromatic heterocycles. The van der Waals surface area contributed by atoms with Crippen LogP contribution in [-0.2, 0) is 22.6 Å². The smallest absolute Gasteiger partial charge is 0.239 e. The van der Waals surface area contributed by atoms with E-state index in [0.29, 0.717) is 24.7 Å². The van der Waals surface area contributed by atoms with E-state index in [-0.39, 0.29) is 12.5 Å². The highest BCUT2D eigenvalue weighted by Gasteiger charge is 2.19. The van der Waals surface area contributed by atoms with Crippen molar-refractivity contribution in [1.82, 2.24) is 20.2 Å². The van der Waals surface area contributed by atoms with Gasteiger partial charge in [-0.3, -0.25) is 9.69 Å². The molecule has 2 N–H and O–H groups in total. The van der Waals surface area contributed by atoms with Gasteiger partial charge in [0.05, 0.1) is 44.5 Å². The number of hydrogen-bond donors (Lipinski definition) is 2. The Morgan fingerprint density at radius 3 is 2.84 bits per heavy atom. The molecule has 0 radical (unpaired) electrons. The van der Waals surface area contributed by atoms with E-state index in [1.807, 2.05) is 12.1 Å². The molecule has 0 saturated carbocycles. The number of carbonyl (C=O) groups excluding carboxylic acids is 1. The van der Waals surface area contributed by atoms with Crippen LogP contribution >= 0.6 is 22.7 Å². The van der Waals surface area contributed by atoms with Gasteiger partial charge in [-0.2, -0.15) is 0 Å². The van der Waals surface area contributed by atoms with Crippen LogP contribution in [0.4, 0.5) is 5.82 Å². The molecular formula is C22H23N5O3S2. The minimum Gasteiger partial charge on any atom is -0.467 e. The molecule has 0 atom stereocenters. The quantitative estimate of drug-likeness (QED) is 0.408. The molecule has 1 aliphatic rings. The van der Waals surface area contributed by atoms with Gasteiger partial charge in [0, 0.05) is 28.9 Å². The second kappa shape index (κ2) is 9.78. The van der Waals surface area contributed by atoms with Crippen LogP contribution < -0.4 is 10.6 Å². The highest BCUT2D eigenvalue weighted by molar-refractivity contribution is 7.18. The third-order valence-electron chi connectivity index (χ3n) is 5.19. The number of thiophene rings is 2. The fourth-order valence-corrected chi connectivity index (χ4v) is 5.36. The third kappa shape index (κ3) is 4.83. The molecule has 4 aromatic rings. The largest absolute Gasteiger partial charge is 0.467 e. The molecule has 1 fully saturated rings. The first kappa shape index (κ1) is 21.1. The molecular weight excluding hydrogens is 446 g/mol. The fraction of sp³-hybridized carbons (Fsp3) is 0.318. The lowest BCUT2D eigenvalue weighted by atomic mass is 10.2. The third-order valence-corrected chi connectivity index (χ3v) is 6.97. The van der Waals surface area contributed by atoms with Gasteiger partial charge in [-0.15, -0.1) is 22.7 Å². The maximum atomic E-state index is 12.4. The van der Waals surface area contributed by atoms with Gasteiger partial charge in [0.15, 0.2) is 0 Å². The van der Waals surface area contributed by atoms with Crippen LogP contribution in [0.1, 0.15) is 11.6 Å². The lowest BCUT2D eigenvalue weighted by Crippen LogP contribution is -2.36. The maximum absolute atomic E-state index is 12.4. The van der Waals surface area contributed by atoms with Crippen LogP contribution in [0.5, 0.6) is 0 Å². The number of ether oxygens (including phenoxy) is 1. The number of aromatic nitrogens is 2. The van der Waals surface area contributed by atoms with Crippen LogP contribution in [-0.4, -0.2) is 53.6 Å². The Balaban J connectivity index is 1.38. The lowest BCUT2D eigenvalue weighted by Gasteiger charge is -2.25. The van der Waals surface area contributed by atoms with E-state index in [1.165, 1.54) is 0 Å². The SMILES string of the molecule is O=C(CNc1nc(CN2CCOCC2)nc2scc(-c3cccs3)c12)NCc1ccco1. The lowest BCUT2D eigenvalue weighted by molar-refractivity contribution is -0.119. The molecule has 1 amide bonds. The summed E-state index contributed by atoms with van der Waals surface area (Å²) in [7, 11) is 0. The number of amides is 1. The summed E-state index contributed by atoms with van der Waals surface area (Å²) in [5, 5.41) is 11.3. The molecule has 0 unspecified atom stereocenters. The summed E-state index contributed by atoms with van der Waals surface area (Å²) >= 11 is 3.28. The first-order valence-electron chi connectivity index (χ1n) is 10.4. The van der Waals surface area contributed by atoms with Gasteiger partial charge in [-0.1, -0.05) is 6.07 Å². The summed E-state index contributed by atoms with van der Waals surface area (Å²) in [6.07, 6.45) is 1.59. The number of furan rings is 1. The van der Waals surface area contributed by atoms with Gasteiger partial charge in [0.1, 0.15) is 22.2 Å². The Labute approximate surface area is 193 Å². The molecule has 166 valence electrons. The van der Waals surface area contributed by atoms with Crippen molar-refractivity contribution in [3.05, 3.63) is 52.9 Å². The second-order valence-electron chi connectivity index (χ2n) is 7.39. The molecule has 8 nitrogen and oxygen atoms in total. The van der Waals surface area contributed by atoms with E-state index >= 15 is 0 Å². The van der Waals surface area contributed by atoms with E-state index in [1.54, 1.807) is 35.0 Å². The van der Waals surface area contributed by atoms with Gasteiger partial charge in [0.2, 0.25) is 5.91 Å². The van der Waals surface area contributed by atoms with Crippen molar-refractivity contribution in [3.8, 4) is 10.4 Å². The zero-order chi connectivity index (χ0) is 21.8. The Kier molecular flexibility index (Phi) is 6.44. The number of carbonyl (C=O) groups is 1. The number of rotatable bonds is 8. The van der Waals surface area contributed by atoms with E-state index in [0.717, 1.165) is 52.8 Å². The van der Waals surface area contributed by atoms with E-state index < -0.39 is 0 Å². The van der Waals surface area contributed by atoms with Crippen molar-refractivity contribution in [2.24, 2.45) is 0 Å². The van der Waals surface area contributed by atoms with Crippen LogP contribution in [0.25, 0.3) is 20.7 Å². The first-order chi connectivity index (χ1) is 15.8. The van der Waals surface area contributed by atoms with Gasteiger partial charge < -0.3 is 19.8 Å². The minimum absolute atomic E-state index is 0.115. The molecule has 32 heavy (non-hydrogen) atoms. The normalized spacial score (nSPS) is 14.6. The number of nitrogens with zero attached hydrogens (tertiary/aromatic N) is 3. The summed E-state index contributed by atoms with van der Waals surface area (Å²) in [6, 6.07) is 7.76. The number of fused-ring (bicyclic) bond motifs is 1. The highest BCUT2D eigenvalue weighted by Crippen LogP contribution is 2.38. The average Bonchev–Trinajstić information content (AvgIpc) is 3.58. The van der Waals surface area contributed by atoms with Gasteiger partial charge >= 0.3 is 0 Å². The molecule has 0 aromatic carbocycles. The Morgan fingerprint density at radius 1 is 1.16 bits per heavy atom. The van der Waals surface area contributed by atoms with Gasteiger partial charge in [-0.05, 0) is 23.6 Å². The summed E-state index contributed by atoms with van der Waals surface area (Å²) in [6.45, 7) is 4.31. The van der Waals surface area contributed by atoms with Crippen molar-refractivity contribution in [2.45, 2.75) is 13.1 Å². The van der Waals surface area contributed by atoms with Crippen molar-refractivity contribution < 1.29 is 13.9 Å². The van der Waals surface area contributed by atoms with Crippen LogP contribution in [0.3, 0.4) is 0 Å². The second-order valence-corrected chi connectivity index (χ2v) is 9.20. The molecule has 0 spiro atoms. The number of morpholine rings is 1. The summed E-state index contributed by atoms with van der Waals surface area (Å²) in [5.74, 6) is 2.03. The predicted molar refractivity (Wildman–Crippen MR) is 126 cm³/mol. The molecule has 5 rings (SSSR count). The number of anilines is 1. The van der Waals surface area contributed by atoms with Gasteiger partial charge in [0.25, 0.3) is 0 Å². The topological polar surface area (TPSA) is 92.5 Å². The summed E-state index contributed by atoms with van der Waals surface area (Å²) in [5.41, 5.74) is 1.09. The van der Waals surface area contributed by atoms with E-state index in [2.05, 4.69) is 32.4 Å². The monoisotopic (exact) mass is 469 g/mol. The molecule has 1 aliphatic heterocycles. The van der Waals surface area contributed by atoms with E-state index in [4.69, 9.17) is 19.1 Å². The molecule has 0 aliphatic carbocycles. The average molecular weight is 470 g/mol. The van der Waals surface area contributed by atoms with Crippen LogP contribution in [0.15, 0.2) is 45.7 Å². The highest BCUT2D eigenvalue weighted by atomic mass is 32.1. The van der Waals surface area contributed by atoms with Crippen molar-refractivity contribution in [2.75, 3.05) is 38.2 Å². The standard InChI is InChI=1S/C22H23N5O3S2/c28-19(23-11-15-3-1-7-30-15)12-24-21-20-16(17-4-2-10-31-17)14-32-22(20)26-18(25-21)13-27-5-8-29-9-6-27/h1-4,7,10,14H,5-6,8-9,11-13H2,(H,23,28)(H,24,25,26). The number of hydrogen-bond acceptors (Lipinski definition) is 9. The Hall–Kier alpha value is -2.79. The summed E-state index contributed by atoms with van der Waals surface area (Å²) < 4.78 is 10.7. The zero-order valence-corrected chi connectivity index (χ0v) is 19.0. The zero-order valence-electron chi connectivity index (χ0n) is 17.4. The molecule has 10 heteroatoms. The predicted octanol–water partition coefficient (Wildman–Crippen LogP) is 3.57. The van der Waals surface area contributed by atoms with E-state index in [9.17, 15) is 4.79 Å². The van der Waals surface area contributed by atoms with Crippen molar-refractivity contribution in [1.29, 1.82) is 0 Å². The molecule has 0 bridgehead atoms. The molecule has 5 heterocycles. The van der Waals surface area contributed by atoms with Crippen molar-refractivity contribution >= 4 is 44.6 Å². The maximum Gasteiger partial charge on any atom is 0.239 e. The van der Waals surface area contributed by atoms with Crippen molar-refractivity contribution in [3.63, 3.8) is 0 Å². The minimum atomic E-state index is -0.129. The van der Waals surface area contributed by atoms with Crippen LogP contribution in [0, 0.1) is 0 Å². The fourth-order valence-electron chi connectivity index (χ4n) is 3.58. The van der Waals surface area contributed by atoms with Crippen LogP contribution in [0.2, 0.25) is 0 Å². The number of nitrogens with one attached hydrogen (secondary N) is 2. The van der Waals surface area contributed by atoms with Gasteiger partial charge in [-0.25, -0.2) is 9.97 Å². The Bertz CT molecular complexity index is 1170. The first-order valence-corrected chi connectivity index (χ1v) is 12.2.